The van der Waals surface area contributed by atoms with Crippen molar-refractivity contribution in [2.75, 3.05) is 0 Å². The molecule has 31 heavy (non-hydrogen) atoms. The molecule has 0 spiro atoms. The minimum absolute atomic E-state index is 0.0280. The monoisotopic (exact) mass is 409 g/mol. The van der Waals surface area contributed by atoms with Crippen molar-refractivity contribution in [3.63, 3.8) is 0 Å². The summed E-state index contributed by atoms with van der Waals surface area (Å²) in [6.45, 7) is 5.13. The number of aromatic hydroxyl groups is 1. The molecule has 0 aliphatic heterocycles. The van der Waals surface area contributed by atoms with E-state index in [1.54, 1.807) is 12.1 Å². The van der Waals surface area contributed by atoms with E-state index in [-0.39, 0.29) is 22.9 Å². The molecular formula is C25H19N3O3. The van der Waals surface area contributed by atoms with E-state index in [4.69, 9.17) is 4.74 Å². The number of carbonyl (C=O) groups excluding carboxylic acids is 1. The van der Waals surface area contributed by atoms with Crippen LogP contribution in [0.15, 0.2) is 91.0 Å². The molecule has 0 aliphatic rings. The van der Waals surface area contributed by atoms with Crippen molar-refractivity contribution >= 4 is 5.97 Å². The third-order valence-electron chi connectivity index (χ3n) is 4.48. The highest BCUT2D eigenvalue weighted by molar-refractivity contribution is 5.90. The molecule has 0 saturated heterocycles. The average molecular weight is 409 g/mol. The second-order valence-corrected chi connectivity index (χ2v) is 6.86. The van der Waals surface area contributed by atoms with Crippen molar-refractivity contribution in [3.05, 3.63) is 91.0 Å². The van der Waals surface area contributed by atoms with Gasteiger partial charge in [-0.1, -0.05) is 73.3 Å². The lowest BCUT2D eigenvalue weighted by Gasteiger charge is -2.13. The van der Waals surface area contributed by atoms with Gasteiger partial charge in [0, 0.05) is 16.7 Å². The molecule has 4 rings (SSSR count). The van der Waals surface area contributed by atoms with Crippen LogP contribution in [0.2, 0.25) is 0 Å². The van der Waals surface area contributed by atoms with Gasteiger partial charge in [-0.25, -0.2) is 19.7 Å². The van der Waals surface area contributed by atoms with Gasteiger partial charge in [0.2, 0.25) is 0 Å². The SMILES string of the molecule is C=C(C)C(=O)Oc1c(O)cccc1-c1nc(-c2ccccc2)nc(-c2ccccc2)n1. The van der Waals surface area contributed by atoms with Gasteiger partial charge in [0.05, 0.1) is 5.56 Å². The van der Waals surface area contributed by atoms with Gasteiger partial charge in [0.25, 0.3) is 0 Å². The summed E-state index contributed by atoms with van der Waals surface area (Å²) in [6.07, 6.45) is 0. The fourth-order valence-corrected chi connectivity index (χ4v) is 2.92. The van der Waals surface area contributed by atoms with Crippen molar-refractivity contribution < 1.29 is 14.6 Å². The predicted molar refractivity (Wildman–Crippen MR) is 118 cm³/mol. The number of esters is 1. The van der Waals surface area contributed by atoms with E-state index >= 15 is 0 Å². The largest absolute Gasteiger partial charge is 0.504 e. The number of hydrogen-bond donors (Lipinski definition) is 1. The van der Waals surface area contributed by atoms with Crippen LogP contribution >= 0.6 is 0 Å². The van der Waals surface area contributed by atoms with Crippen LogP contribution in [0.5, 0.6) is 11.5 Å². The van der Waals surface area contributed by atoms with Gasteiger partial charge in [-0.05, 0) is 19.1 Å². The standard InChI is InChI=1S/C25H19N3O3/c1-16(2)25(30)31-21-19(14-9-15-20(21)29)24-27-22(17-10-5-3-6-11-17)26-23(28-24)18-12-7-4-8-13-18/h3-15,29H,1H2,2H3. The summed E-state index contributed by atoms with van der Waals surface area (Å²) in [5.74, 6) is 0.321. The van der Waals surface area contributed by atoms with E-state index in [1.807, 2.05) is 60.7 Å². The first kappa shape index (κ1) is 20.0. The summed E-state index contributed by atoms with van der Waals surface area (Å²) in [7, 11) is 0. The minimum atomic E-state index is -0.650. The summed E-state index contributed by atoms with van der Waals surface area (Å²) in [5, 5.41) is 10.4. The molecule has 0 bridgehead atoms. The maximum Gasteiger partial charge on any atom is 0.338 e. The van der Waals surface area contributed by atoms with Gasteiger partial charge >= 0.3 is 5.97 Å². The van der Waals surface area contributed by atoms with E-state index in [9.17, 15) is 9.90 Å². The number of phenolic OH excluding ortho intramolecular Hbond substituents is 1. The number of phenols is 1. The third kappa shape index (κ3) is 4.33. The smallest absolute Gasteiger partial charge is 0.338 e. The van der Waals surface area contributed by atoms with Gasteiger partial charge in [0.15, 0.2) is 29.0 Å². The molecule has 6 heteroatoms. The summed E-state index contributed by atoms with van der Waals surface area (Å²) >= 11 is 0. The zero-order chi connectivity index (χ0) is 21.8. The van der Waals surface area contributed by atoms with E-state index in [0.29, 0.717) is 17.2 Å². The van der Waals surface area contributed by atoms with Crippen molar-refractivity contribution in [3.8, 4) is 45.7 Å². The maximum absolute atomic E-state index is 12.1. The van der Waals surface area contributed by atoms with Crippen LogP contribution in [0.4, 0.5) is 0 Å². The summed E-state index contributed by atoms with van der Waals surface area (Å²) in [5.41, 5.74) is 2.19. The van der Waals surface area contributed by atoms with Crippen molar-refractivity contribution in [1.82, 2.24) is 15.0 Å². The Balaban J connectivity index is 1.92. The third-order valence-corrected chi connectivity index (χ3v) is 4.48. The average Bonchev–Trinajstić information content (AvgIpc) is 2.81. The summed E-state index contributed by atoms with van der Waals surface area (Å²) < 4.78 is 5.39. The molecule has 4 aromatic rings. The lowest BCUT2D eigenvalue weighted by molar-refractivity contribution is -0.130. The molecule has 0 amide bonds. The number of hydrogen-bond acceptors (Lipinski definition) is 6. The minimum Gasteiger partial charge on any atom is -0.504 e. The van der Waals surface area contributed by atoms with Crippen molar-refractivity contribution in [1.29, 1.82) is 0 Å². The van der Waals surface area contributed by atoms with Crippen LogP contribution < -0.4 is 4.74 Å². The van der Waals surface area contributed by atoms with Crippen LogP contribution in [0.3, 0.4) is 0 Å². The quantitative estimate of drug-likeness (QED) is 0.282. The molecule has 0 saturated carbocycles. The molecular weight excluding hydrogens is 390 g/mol. The number of ether oxygens (including phenoxy) is 1. The number of nitrogens with zero attached hydrogens (tertiary/aromatic N) is 3. The molecule has 1 aromatic heterocycles. The van der Waals surface area contributed by atoms with E-state index < -0.39 is 5.97 Å². The topological polar surface area (TPSA) is 85.2 Å². The van der Waals surface area contributed by atoms with Crippen LogP contribution in [-0.4, -0.2) is 26.0 Å². The van der Waals surface area contributed by atoms with Crippen molar-refractivity contribution in [2.45, 2.75) is 6.92 Å². The molecule has 0 aliphatic carbocycles. The van der Waals surface area contributed by atoms with Crippen LogP contribution in [-0.2, 0) is 4.79 Å². The normalized spacial score (nSPS) is 10.5. The second kappa shape index (κ2) is 8.59. The Hall–Kier alpha value is -4.32. The number of rotatable bonds is 5. The Labute approximate surface area is 179 Å². The zero-order valence-electron chi connectivity index (χ0n) is 16.8. The Bertz CT molecular complexity index is 1200. The first-order valence-electron chi connectivity index (χ1n) is 9.60. The van der Waals surface area contributed by atoms with Gasteiger partial charge in [-0.15, -0.1) is 0 Å². The second-order valence-electron chi connectivity index (χ2n) is 6.86. The molecule has 3 aromatic carbocycles. The molecule has 0 fully saturated rings. The van der Waals surface area contributed by atoms with E-state index in [0.717, 1.165) is 11.1 Å². The van der Waals surface area contributed by atoms with E-state index in [1.165, 1.54) is 13.0 Å². The van der Waals surface area contributed by atoms with Gasteiger partial charge < -0.3 is 9.84 Å². The number of aromatic nitrogens is 3. The highest BCUT2D eigenvalue weighted by atomic mass is 16.5. The molecule has 0 radical (unpaired) electrons. The Kier molecular flexibility index (Phi) is 5.53. The van der Waals surface area contributed by atoms with Crippen LogP contribution in [0, 0.1) is 0 Å². The summed E-state index contributed by atoms with van der Waals surface area (Å²) in [4.78, 5) is 26.0. The van der Waals surface area contributed by atoms with Crippen LogP contribution in [0.25, 0.3) is 34.2 Å². The molecule has 1 heterocycles. The van der Waals surface area contributed by atoms with Gasteiger partial charge in [0.1, 0.15) is 0 Å². The molecule has 1 N–H and O–H groups in total. The number of benzene rings is 3. The maximum atomic E-state index is 12.1. The lowest BCUT2D eigenvalue weighted by Crippen LogP contribution is -2.10. The Morgan fingerprint density at radius 1 is 0.774 bits per heavy atom. The first-order valence-corrected chi connectivity index (χ1v) is 9.60. The zero-order valence-corrected chi connectivity index (χ0v) is 16.8. The highest BCUT2D eigenvalue weighted by Crippen LogP contribution is 2.37. The molecule has 6 nitrogen and oxygen atoms in total. The molecule has 0 unspecified atom stereocenters. The van der Waals surface area contributed by atoms with Gasteiger partial charge in [-0.3, -0.25) is 0 Å². The van der Waals surface area contributed by atoms with Crippen molar-refractivity contribution in [2.24, 2.45) is 0 Å². The van der Waals surface area contributed by atoms with E-state index in [2.05, 4.69) is 21.5 Å². The molecule has 0 atom stereocenters. The lowest BCUT2D eigenvalue weighted by atomic mass is 10.1. The highest BCUT2D eigenvalue weighted by Gasteiger charge is 2.20. The van der Waals surface area contributed by atoms with Gasteiger partial charge in [-0.2, -0.15) is 0 Å². The van der Waals surface area contributed by atoms with Crippen LogP contribution in [0.1, 0.15) is 6.92 Å². The fourth-order valence-electron chi connectivity index (χ4n) is 2.92. The fraction of sp³-hybridized carbons (Fsp3) is 0.0400. The Morgan fingerprint density at radius 3 is 1.81 bits per heavy atom. The Morgan fingerprint density at radius 2 is 1.29 bits per heavy atom. The number of para-hydroxylation sites is 1. The number of carbonyl (C=O) groups is 1. The first-order chi connectivity index (χ1) is 15.0. The summed E-state index contributed by atoms with van der Waals surface area (Å²) in [6, 6.07) is 23.8. The molecule has 152 valence electrons. The predicted octanol–water partition coefficient (Wildman–Crippen LogP) is 5.06.